The Hall–Kier alpha value is -3.06. The lowest BCUT2D eigenvalue weighted by Gasteiger charge is -2.26. The van der Waals surface area contributed by atoms with Crippen molar-refractivity contribution in [3.63, 3.8) is 0 Å². The largest absolute Gasteiger partial charge is 0.490 e. The van der Waals surface area contributed by atoms with Crippen LogP contribution in [0.25, 0.3) is 0 Å². The van der Waals surface area contributed by atoms with Crippen LogP contribution < -0.4 is 15.5 Å². The van der Waals surface area contributed by atoms with E-state index in [1.54, 1.807) is 25.3 Å². The highest BCUT2D eigenvalue weighted by Crippen LogP contribution is 2.31. The maximum Gasteiger partial charge on any atom is 0.309 e. The third-order valence-corrected chi connectivity index (χ3v) is 5.42. The second-order valence-electron chi connectivity index (χ2n) is 8.06. The number of esters is 1. The van der Waals surface area contributed by atoms with Crippen molar-refractivity contribution in [1.82, 2.24) is 5.43 Å². The fraction of sp³-hybridized carbons (Fsp3) is 0.423. The molecule has 0 aliphatic carbocycles. The second kappa shape index (κ2) is 14.3. The minimum Gasteiger partial charge on any atom is -0.490 e. The van der Waals surface area contributed by atoms with Crippen LogP contribution in [0.1, 0.15) is 67.4 Å². The lowest BCUT2D eigenvalue weighted by Crippen LogP contribution is -2.26. The topological polar surface area (TPSA) is 89.0 Å². The van der Waals surface area contributed by atoms with Gasteiger partial charge >= 0.3 is 5.97 Å². The van der Waals surface area contributed by atoms with Gasteiger partial charge in [0.2, 0.25) is 0 Å². The number of fused-ring (bicyclic) bond motifs is 1. The van der Waals surface area contributed by atoms with Crippen LogP contribution in [0.4, 0.5) is 5.69 Å². The molecule has 0 bridgehead atoms. The molecule has 1 aliphatic heterocycles. The van der Waals surface area contributed by atoms with Crippen molar-refractivity contribution in [2.24, 2.45) is 5.10 Å². The molecule has 2 aromatic carbocycles. The Labute approximate surface area is 207 Å². The molecule has 0 aromatic heterocycles. The summed E-state index contributed by atoms with van der Waals surface area (Å²) in [5.41, 5.74) is 6.28. The van der Waals surface area contributed by atoms with E-state index in [0.717, 1.165) is 42.7 Å². The van der Waals surface area contributed by atoms with Crippen LogP contribution in [0.5, 0.6) is 5.75 Å². The lowest BCUT2D eigenvalue weighted by molar-refractivity contribution is -0.145. The summed E-state index contributed by atoms with van der Waals surface area (Å²) in [6.07, 6.45) is 6.84. The van der Waals surface area contributed by atoms with E-state index in [1.807, 2.05) is 30.3 Å². The van der Waals surface area contributed by atoms with Crippen molar-refractivity contribution < 1.29 is 19.1 Å². The van der Waals surface area contributed by atoms with Gasteiger partial charge in [-0.25, -0.2) is 0 Å². The highest BCUT2D eigenvalue weighted by Gasteiger charge is 2.23. The van der Waals surface area contributed by atoms with Crippen molar-refractivity contribution in [2.75, 3.05) is 18.5 Å². The number of nitrogens with one attached hydrogen (secondary N) is 2. The number of hydrogen-bond donors (Lipinski definition) is 2. The predicted molar refractivity (Wildman–Crippen MR) is 137 cm³/mol. The molecule has 3 rings (SSSR count). The van der Waals surface area contributed by atoms with E-state index in [9.17, 15) is 9.59 Å². The number of amides is 1. The molecule has 0 saturated carbocycles. The number of nitrogens with zero attached hydrogens (tertiary/aromatic N) is 1. The van der Waals surface area contributed by atoms with E-state index >= 15 is 0 Å². The molecule has 2 aromatic rings. The molecule has 1 unspecified atom stereocenters. The Balaban J connectivity index is 0.00000408. The fourth-order valence-corrected chi connectivity index (χ4v) is 3.63. The van der Waals surface area contributed by atoms with Crippen LogP contribution in [0.15, 0.2) is 47.6 Å². The zero-order valence-corrected chi connectivity index (χ0v) is 20.7. The average Bonchev–Trinajstić information content (AvgIpc) is 2.82. The number of benzene rings is 2. The van der Waals surface area contributed by atoms with E-state index in [1.165, 1.54) is 12.8 Å². The minimum atomic E-state index is -0.240. The van der Waals surface area contributed by atoms with E-state index in [2.05, 4.69) is 22.8 Å². The molecule has 1 aliphatic rings. The number of halogens is 1. The van der Waals surface area contributed by atoms with Crippen LogP contribution >= 0.6 is 12.4 Å². The van der Waals surface area contributed by atoms with Crippen molar-refractivity contribution in [2.45, 2.75) is 58.5 Å². The number of carbonyl (C=O) groups is 2. The molecular weight excluding hydrogens is 454 g/mol. The number of carbonyl (C=O) groups excluding carboxylic acids is 2. The zero-order valence-electron chi connectivity index (χ0n) is 19.8. The molecule has 0 spiro atoms. The molecule has 1 atom stereocenters. The van der Waals surface area contributed by atoms with Gasteiger partial charge in [-0.3, -0.25) is 9.59 Å². The molecule has 1 heterocycles. The summed E-state index contributed by atoms with van der Waals surface area (Å²) in [7, 11) is 0. The lowest BCUT2D eigenvalue weighted by atomic mass is 10.00. The molecular formula is C26H34ClN3O4. The summed E-state index contributed by atoms with van der Waals surface area (Å²) in [5, 5.41) is 7.16. The summed E-state index contributed by atoms with van der Waals surface area (Å²) in [4.78, 5) is 24.3. The van der Waals surface area contributed by atoms with Gasteiger partial charge in [0.05, 0.1) is 19.2 Å². The fourth-order valence-electron chi connectivity index (χ4n) is 3.63. The first kappa shape index (κ1) is 27.2. The molecule has 0 fully saturated rings. The molecule has 8 heteroatoms. The highest BCUT2D eigenvalue weighted by atomic mass is 35.5. The molecule has 7 nitrogen and oxygen atoms in total. The van der Waals surface area contributed by atoms with Crippen molar-refractivity contribution in [1.29, 1.82) is 0 Å². The van der Waals surface area contributed by atoms with Gasteiger partial charge in [0, 0.05) is 17.8 Å². The van der Waals surface area contributed by atoms with Crippen LogP contribution in [0.3, 0.4) is 0 Å². The van der Waals surface area contributed by atoms with Crippen LogP contribution in [0.2, 0.25) is 0 Å². The third-order valence-electron chi connectivity index (χ3n) is 5.42. The number of hydrogen-bond acceptors (Lipinski definition) is 6. The van der Waals surface area contributed by atoms with Gasteiger partial charge in [-0.15, -0.1) is 12.4 Å². The third kappa shape index (κ3) is 8.37. The number of hydrazone groups is 1. The van der Waals surface area contributed by atoms with Gasteiger partial charge in [0.25, 0.3) is 5.91 Å². The quantitative estimate of drug-likeness (QED) is 0.199. The Morgan fingerprint density at radius 1 is 1.15 bits per heavy atom. The smallest absolute Gasteiger partial charge is 0.309 e. The molecule has 0 radical (unpaired) electrons. The van der Waals surface area contributed by atoms with Gasteiger partial charge in [0.15, 0.2) is 0 Å². The van der Waals surface area contributed by atoms with Gasteiger partial charge in [0.1, 0.15) is 11.9 Å². The number of anilines is 1. The first-order chi connectivity index (χ1) is 16.1. The monoisotopic (exact) mass is 487 g/mol. The normalized spacial score (nSPS) is 14.5. The van der Waals surface area contributed by atoms with Crippen LogP contribution in [-0.4, -0.2) is 37.3 Å². The van der Waals surface area contributed by atoms with E-state index < -0.39 is 0 Å². The summed E-state index contributed by atoms with van der Waals surface area (Å²) in [6, 6.07) is 12.9. The van der Waals surface area contributed by atoms with Crippen molar-refractivity contribution in [3.05, 3.63) is 59.2 Å². The molecule has 1 amide bonds. The molecule has 34 heavy (non-hydrogen) atoms. The van der Waals surface area contributed by atoms with Gasteiger partial charge in [-0.1, -0.05) is 31.9 Å². The molecule has 0 saturated heterocycles. The first-order valence-electron chi connectivity index (χ1n) is 11.7. The van der Waals surface area contributed by atoms with Gasteiger partial charge in [-0.05, 0) is 67.6 Å². The average molecular weight is 488 g/mol. The Kier molecular flexibility index (Phi) is 11.4. The maximum atomic E-state index is 12.6. The standard InChI is InChI=1S/C26H33N3O4.ClH/c1-3-5-6-15-27-28-18-19-7-9-20(10-8-19)26(31)29-22-12-14-24-21(16-22)11-13-23(33-24)17-25(30)32-4-2;/h7-10,12,14,16,18,23,27H,3-6,11,13,15,17H2,1-2H3,(H,29,31);1H. The van der Waals surface area contributed by atoms with E-state index in [0.29, 0.717) is 17.9 Å². The van der Waals surface area contributed by atoms with Crippen LogP contribution in [0, 0.1) is 0 Å². The number of aryl methyl sites for hydroxylation is 1. The van der Waals surface area contributed by atoms with Crippen molar-refractivity contribution in [3.8, 4) is 5.75 Å². The SMILES string of the molecule is CCCCCNN=Cc1ccc(C(=O)Nc2ccc3c(c2)CCC(CC(=O)OCC)O3)cc1.Cl. The van der Waals surface area contributed by atoms with E-state index in [-0.39, 0.29) is 36.8 Å². The Morgan fingerprint density at radius 3 is 2.68 bits per heavy atom. The van der Waals surface area contributed by atoms with Crippen molar-refractivity contribution >= 4 is 36.2 Å². The first-order valence-corrected chi connectivity index (χ1v) is 11.7. The van der Waals surface area contributed by atoms with Gasteiger partial charge < -0.3 is 20.2 Å². The van der Waals surface area contributed by atoms with E-state index in [4.69, 9.17) is 9.47 Å². The Bertz CT molecular complexity index is 963. The summed E-state index contributed by atoms with van der Waals surface area (Å²) in [6.45, 7) is 5.20. The molecule has 184 valence electrons. The summed E-state index contributed by atoms with van der Waals surface area (Å²) >= 11 is 0. The second-order valence-corrected chi connectivity index (χ2v) is 8.06. The number of unbranched alkanes of at least 4 members (excludes halogenated alkanes) is 2. The highest BCUT2D eigenvalue weighted by molar-refractivity contribution is 6.04. The Morgan fingerprint density at radius 2 is 1.94 bits per heavy atom. The predicted octanol–water partition coefficient (Wildman–Crippen LogP) is 5.12. The number of ether oxygens (including phenoxy) is 2. The summed E-state index contributed by atoms with van der Waals surface area (Å²) in [5.74, 6) is 0.337. The zero-order chi connectivity index (χ0) is 23.5. The van der Waals surface area contributed by atoms with Crippen LogP contribution in [-0.2, 0) is 16.0 Å². The van der Waals surface area contributed by atoms with Gasteiger partial charge in [-0.2, -0.15) is 5.10 Å². The maximum absolute atomic E-state index is 12.6. The minimum absolute atomic E-state index is 0. The molecule has 2 N–H and O–H groups in total. The summed E-state index contributed by atoms with van der Waals surface area (Å²) < 4.78 is 10.9. The number of rotatable bonds is 11.